The van der Waals surface area contributed by atoms with Crippen molar-refractivity contribution in [1.82, 2.24) is 4.90 Å². The van der Waals surface area contributed by atoms with Crippen molar-refractivity contribution in [2.45, 2.75) is 39.5 Å². The molecule has 3 rings (SSSR count). The third-order valence-electron chi connectivity index (χ3n) is 6.25. The lowest BCUT2D eigenvalue weighted by atomic mass is 10.1. The molecule has 0 radical (unpaired) electrons. The standard InChI is InChI=1S/C28H39N3O/c1-4-6-17-30(18-7-5-2)26-13-10-12-25(23-26)28(32)16-15-24-11-8-9-14-27(24)31-21-19-29(3)20-22-31/h8-16,23H,4-7,17-22H2,1-3H3. The number of unbranched alkanes of at least 4 members (excludes halogenated alkanes) is 2. The monoisotopic (exact) mass is 433 g/mol. The first-order valence-electron chi connectivity index (χ1n) is 12.2. The first kappa shape index (κ1) is 24.1. The van der Waals surface area contributed by atoms with Gasteiger partial charge in [-0.3, -0.25) is 4.79 Å². The molecule has 32 heavy (non-hydrogen) atoms. The Bertz CT molecular complexity index is 876. The van der Waals surface area contributed by atoms with E-state index in [1.54, 1.807) is 6.08 Å². The van der Waals surface area contributed by atoms with Crippen LogP contribution in [-0.4, -0.2) is 57.0 Å². The maximum absolute atomic E-state index is 13.0. The van der Waals surface area contributed by atoms with Gasteiger partial charge in [-0.25, -0.2) is 0 Å². The van der Waals surface area contributed by atoms with Crippen LogP contribution in [0.2, 0.25) is 0 Å². The fourth-order valence-electron chi connectivity index (χ4n) is 4.15. The molecule has 1 saturated heterocycles. The Morgan fingerprint density at radius 2 is 1.62 bits per heavy atom. The molecule has 4 nitrogen and oxygen atoms in total. The molecule has 0 saturated carbocycles. The highest BCUT2D eigenvalue weighted by Crippen LogP contribution is 2.24. The highest BCUT2D eigenvalue weighted by atomic mass is 16.1. The highest BCUT2D eigenvalue weighted by Gasteiger charge is 2.16. The summed E-state index contributed by atoms with van der Waals surface area (Å²) in [4.78, 5) is 20.2. The second kappa shape index (κ2) is 12.4. The van der Waals surface area contributed by atoms with Crippen LogP contribution in [0.3, 0.4) is 0 Å². The molecule has 0 bridgehead atoms. The normalized spacial score (nSPS) is 14.8. The number of anilines is 2. The number of rotatable bonds is 11. The van der Waals surface area contributed by atoms with Gasteiger partial charge in [-0.2, -0.15) is 0 Å². The SMILES string of the molecule is CCCCN(CCCC)c1cccc(C(=O)C=Cc2ccccc2N2CCN(C)CC2)c1. The molecule has 1 heterocycles. The fourth-order valence-corrected chi connectivity index (χ4v) is 4.15. The summed E-state index contributed by atoms with van der Waals surface area (Å²) in [5, 5.41) is 0. The number of piperazine rings is 1. The summed E-state index contributed by atoms with van der Waals surface area (Å²) in [5.41, 5.74) is 4.23. The molecule has 0 N–H and O–H groups in total. The van der Waals surface area contributed by atoms with Gasteiger partial charge in [-0.1, -0.05) is 57.0 Å². The van der Waals surface area contributed by atoms with Gasteiger partial charge in [0.1, 0.15) is 0 Å². The number of hydrogen-bond acceptors (Lipinski definition) is 4. The number of likely N-dealkylation sites (N-methyl/N-ethyl adjacent to an activating group) is 1. The zero-order chi connectivity index (χ0) is 22.8. The molecular weight excluding hydrogens is 394 g/mol. The summed E-state index contributed by atoms with van der Waals surface area (Å²) in [6.07, 6.45) is 8.41. The lowest BCUT2D eigenvalue weighted by molar-refractivity contribution is 0.104. The average Bonchev–Trinajstić information content (AvgIpc) is 2.83. The van der Waals surface area contributed by atoms with Crippen LogP contribution in [0.1, 0.15) is 55.5 Å². The molecule has 1 aliphatic heterocycles. The van der Waals surface area contributed by atoms with Crippen molar-refractivity contribution in [3.05, 3.63) is 65.7 Å². The Kier molecular flexibility index (Phi) is 9.36. The lowest BCUT2D eigenvalue weighted by Gasteiger charge is -2.34. The van der Waals surface area contributed by atoms with Crippen LogP contribution in [0, 0.1) is 0 Å². The molecule has 1 aliphatic rings. The van der Waals surface area contributed by atoms with Gasteiger partial charge in [0, 0.05) is 56.2 Å². The van der Waals surface area contributed by atoms with Gasteiger partial charge in [0.2, 0.25) is 0 Å². The van der Waals surface area contributed by atoms with Gasteiger partial charge in [-0.05, 0) is 55.8 Å². The van der Waals surface area contributed by atoms with Gasteiger partial charge in [0.25, 0.3) is 0 Å². The Hall–Kier alpha value is -2.59. The van der Waals surface area contributed by atoms with E-state index in [2.05, 4.69) is 65.9 Å². The van der Waals surface area contributed by atoms with Crippen LogP contribution in [0.15, 0.2) is 54.6 Å². The van der Waals surface area contributed by atoms with Gasteiger partial charge in [0.05, 0.1) is 0 Å². The van der Waals surface area contributed by atoms with E-state index >= 15 is 0 Å². The van der Waals surface area contributed by atoms with E-state index in [-0.39, 0.29) is 5.78 Å². The summed E-state index contributed by atoms with van der Waals surface area (Å²) < 4.78 is 0. The van der Waals surface area contributed by atoms with E-state index in [0.717, 1.165) is 56.1 Å². The summed E-state index contributed by atoms with van der Waals surface area (Å²) in [6.45, 7) is 10.7. The third-order valence-corrected chi connectivity index (χ3v) is 6.25. The zero-order valence-electron chi connectivity index (χ0n) is 20.1. The Morgan fingerprint density at radius 1 is 0.938 bits per heavy atom. The molecule has 0 amide bonds. The van der Waals surface area contributed by atoms with E-state index in [1.807, 2.05) is 24.3 Å². The number of nitrogens with zero attached hydrogens (tertiary/aromatic N) is 3. The van der Waals surface area contributed by atoms with Crippen LogP contribution in [-0.2, 0) is 0 Å². The highest BCUT2D eigenvalue weighted by molar-refractivity contribution is 6.07. The summed E-state index contributed by atoms with van der Waals surface area (Å²) in [6, 6.07) is 16.5. The summed E-state index contributed by atoms with van der Waals surface area (Å²) in [5.74, 6) is 0.0611. The summed E-state index contributed by atoms with van der Waals surface area (Å²) >= 11 is 0. The molecular formula is C28H39N3O. The van der Waals surface area contributed by atoms with Gasteiger partial charge in [-0.15, -0.1) is 0 Å². The second-order valence-electron chi connectivity index (χ2n) is 8.79. The molecule has 2 aromatic carbocycles. The quantitative estimate of drug-likeness (QED) is 0.333. The first-order chi connectivity index (χ1) is 15.6. The largest absolute Gasteiger partial charge is 0.372 e. The molecule has 4 heteroatoms. The number of para-hydroxylation sites is 1. The number of ketones is 1. The second-order valence-corrected chi connectivity index (χ2v) is 8.79. The predicted octanol–water partition coefficient (Wildman–Crippen LogP) is 5.74. The predicted molar refractivity (Wildman–Crippen MR) is 138 cm³/mol. The van der Waals surface area contributed by atoms with E-state index in [9.17, 15) is 4.79 Å². The maximum Gasteiger partial charge on any atom is 0.185 e. The molecule has 0 atom stereocenters. The fraction of sp³-hybridized carbons (Fsp3) is 0.464. The Morgan fingerprint density at radius 3 is 2.31 bits per heavy atom. The van der Waals surface area contributed by atoms with Crippen molar-refractivity contribution in [2.75, 3.05) is 56.1 Å². The maximum atomic E-state index is 13.0. The van der Waals surface area contributed by atoms with Crippen molar-refractivity contribution >= 4 is 23.2 Å². The van der Waals surface area contributed by atoms with Gasteiger partial charge >= 0.3 is 0 Å². The van der Waals surface area contributed by atoms with Crippen molar-refractivity contribution < 1.29 is 4.79 Å². The van der Waals surface area contributed by atoms with Gasteiger partial charge in [0.15, 0.2) is 5.78 Å². The zero-order valence-corrected chi connectivity index (χ0v) is 20.1. The van der Waals surface area contributed by atoms with Crippen LogP contribution >= 0.6 is 0 Å². The van der Waals surface area contributed by atoms with Crippen molar-refractivity contribution in [1.29, 1.82) is 0 Å². The number of benzene rings is 2. The Labute approximate surface area is 194 Å². The van der Waals surface area contributed by atoms with Gasteiger partial charge < -0.3 is 14.7 Å². The number of hydrogen-bond donors (Lipinski definition) is 0. The Balaban J connectivity index is 1.74. The smallest absolute Gasteiger partial charge is 0.185 e. The molecule has 0 spiro atoms. The van der Waals surface area contributed by atoms with Crippen molar-refractivity contribution in [3.63, 3.8) is 0 Å². The average molecular weight is 434 g/mol. The minimum Gasteiger partial charge on any atom is -0.372 e. The third kappa shape index (κ3) is 6.70. The van der Waals surface area contributed by atoms with Crippen LogP contribution < -0.4 is 9.80 Å². The van der Waals surface area contributed by atoms with Crippen LogP contribution in [0.4, 0.5) is 11.4 Å². The van der Waals surface area contributed by atoms with E-state index < -0.39 is 0 Å². The number of allylic oxidation sites excluding steroid dienone is 1. The van der Waals surface area contributed by atoms with Crippen molar-refractivity contribution in [3.8, 4) is 0 Å². The van der Waals surface area contributed by atoms with Crippen molar-refractivity contribution in [2.24, 2.45) is 0 Å². The van der Waals surface area contributed by atoms with Crippen LogP contribution in [0.5, 0.6) is 0 Å². The minimum absolute atomic E-state index is 0.0611. The molecule has 172 valence electrons. The van der Waals surface area contributed by atoms with E-state index in [0.29, 0.717) is 0 Å². The number of carbonyl (C=O) groups excluding carboxylic acids is 1. The van der Waals surface area contributed by atoms with E-state index in [1.165, 1.54) is 31.4 Å². The molecule has 0 aromatic heterocycles. The first-order valence-corrected chi connectivity index (χ1v) is 12.2. The molecule has 0 unspecified atom stereocenters. The molecule has 1 fully saturated rings. The van der Waals surface area contributed by atoms with Crippen LogP contribution in [0.25, 0.3) is 6.08 Å². The summed E-state index contributed by atoms with van der Waals surface area (Å²) in [7, 11) is 2.17. The lowest BCUT2D eigenvalue weighted by Crippen LogP contribution is -2.44. The topological polar surface area (TPSA) is 26.8 Å². The van der Waals surface area contributed by atoms with E-state index in [4.69, 9.17) is 0 Å². The number of carbonyl (C=O) groups is 1. The molecule has 2 aromatic rings. The molecule has 0 aliphatic carbocycles. The minimum atomic E-state index is 0.0611.